The van der Waals surface area contributed by atoms with Crippen LogP contribution < -0.4 is 5.32 Å². The Labute approximate surface area is 96.0 Å². The van der Waals surface area contributed by atoms with Gasteiger partial charge in [0.25, 0.3) is 0 Å². The number of ketones is 1. The average molecular weight is 225 g/mol. The number of nitrogens with one attached hydrogen (secondary N) is 1. The zero-order chi connectivity index (χ0) is 12.5. The molecule has 0 radical (unpaired) electrons. The standard InChI is InChI=1S/C12H19NO3/c1-7(14)11-10(16-5)6-12(11,4)8(2)13-9(3)15/h6,8,11H,1-5H3,(H,13,15)/t8-,11-,12+/m1/s1. The first-order valence-electron chi connectivity index (χ1n) is 5.37. The van der Waals surface area contributed by atoms with Gasteiger partial charge in [-0.2, -0.15) is 0 Å². The van der Waals surface area contributed by atoms with Crippen LogP contribution in [-0.4, -0.2) is 24.8 Å². The Morgan fingerprint density at radius 1 is 1.50 bits per heavy atom. The van der Waals surface area contributed by atoms with Crippen molar-refractivity contribution in [1.29, 1.82) is 0 Å². The van der Waals surface area contributed by atoms with Crippen LogP contribution in [0.2, 0.25) is 0 Å². The quantitative estimate of drug-likeness (QED) is 0.783. The first-order chi connectivity index (χ1) is 7.32. The summed E-state index contributed by atoms with van der Waals surface area (Å²) in [5, 5.41) is 2.82. The molecule has 1 aliphatic rings. The summed E-state index contributed by atoms with van der Waals surface area (Å²) in [6.45, 7) is 6.89. The normalized spacial score (nSPS) is 29.8. The molecule has 0 spiro atoms. The highest BCUT2D eigenvalue weighted by molar-refractivity contribution is 5.84. The lowest BCUT2D eigenvalue weighted by atomic mass is 9.61. The van der Waals surface area contributed by atoms with Crippen molar-refractivity contribution in [3.63, 3.8) is 0 Å². The smallest absolute Gasteiger partial charge is 0.217 e. The number of rotatable bonds is 4. The maximum atomic E-state index is 11.6. The molecule has 1 rings (SSSR count). The average Bonchev–Trinajstić information content (AvgIpc) is 2.10. The fourth-order valence-electron chi connectivity index (χ4n) is 2.33. The molecular weight excluding hydrogens is 206 g/mol. The molecule has 0 saturated heterocycles. The number of Topliss-reactive ketones (excluding diaryl/α,β-unsaturated/α-hetero) is 1. The van der Waals surface area contributed by atoms with Crippen molar-refractivity contribution in [3.8, 4) is 0 Å². The largest absolute Gasteiger partial charge is 0.501 e. The van der Waals surface area contributed by atoms with E-state index in [0.717, 1.165) is 0 Å². The van der Waals surface area contributed by atoms with Gasteiger partial charge >= 0.3 is 0 Å². The monoisotopic (exact) mass is 225 g/mol. The van der Waals surface area contributed by atoms with Crippen LogP contribution in [0.25, 0.3) is 0 Å². The van der Waals surface area contributed by atoms with E-state index in [1.807, 2.05) is 19.9 Å². The Hall–Kier alpha value is -1.32. The molecule has 1 amide bonds. The van der Waals surface area contributed by atoms with Crippen molar-refractivity contribution in [3.05, 3.63) is 11.8 Å². The van der Waals surface area contributed by atoms with Crippen molar-refractivity contribution in [2.75, 3.05) is 7.11 Å². The van der Waals surface area contributed by atoms with Gasteiger partial charge in [0.1, 0.15) is 11.5 Å². The molecule has 0 aromatic rings. The van der Waals surface area contributed by atoms with Crippen LogP contribution in [0.5, 0.6) is 0 Å². The minimum Gasteiger partial charge on any atom is -0.501 e. The second kappa shape index (κ2) is 4.28. The summed E-state index contributed by atoms with van der Waals surface area (Å²) in [6, 6.07) is -0.0854. The highest BCUT2D eigenvalue weighted by atomic mass is 16.5. The highest BCUT2D eigenvalue weighted by Crippen LogP contribution is 2.48. The minimum atomic E-state index is -0.344. The fraction of sp³-hybridized carbons (Fsp3) is 0.667. The summed E-state index contributed by atoms with van der Waals surface area (Å²) in [6.07, 6.45) is 1.92. The van der Waals surface area contributed by atoms with Gasteiger partial charge in [0.05, 0.1) is 13.0 Å². The second-order valence-corrected chi connectivity index (χ2v) is 4.58. The first-order valence-corrected chi connectivity index (χ1v) is 5.37. The van der Waals surface area contributed by atoms with Gasteiger partial charge in [-0.15, -0.1) is 0 Å². The second-order valence-electron chi connectivity index (χ2n) is 4.58. The summed E-state index contributed by atoms with van der Waals surface area (Å²) >= 11 is 0. The Balaban J connectivity index is 2.90. The van der Waals surface area contributed by atoms with Crippen LogP contribution in [0, 0.1) is 11.3 Å². The summed E-state index contributed by atoms with van der Waals surface area (Å²) in [5.41, 5.74) is -0.344. The van der Waals surface area contributed by atoms with E-state index in [1.165, 1.54) is 6.92 Å². The molecule has 0 aliphatic heterocycles. The number of hydrogen-bond acceptors (Lipinski definition) is 3. The molecule has 0 unspecified atom stereocenters. The number of carbonyl (C=O) groups is 2. The number of methoxy groups -OCH3 is 1. The Morgan fingerprint density at radius 3 is 2.44 bits per heavy atom. The van der Waals surface area contributed by atoms with Crippen LogP contribution in [0.4, 0.5) is 0 Å². The van der Waals surface area contributed by atoms with Crippen LogP contribution in [0.3, 0.4) is 0 Å². The maximum absolute atomic E-state index is 11.6. The Morgan fingerprint density at radius 2 is 2.06 bits per heavy atom. The van der Waals surface area contributed by atoms with Gasteiger partial charge in [0.2, 0.25) is 5.91 Å². The topological polar surface area (TPSA) is 55.4 Å². The summed E-state index contributed by atoms with van der Waals surface area (Å²) in [4.78, 5) is 22.6. The van der Waals surface area contributed by atoms with Crippen LogP contribution in [0.1, 0.15) is 27.7 Å². The fourth-order valence-corrected chi connectivity index (χ4v) is 2.33. The highest BCUT2D eigenvalue weighted by Gasteiger charge is 2.50. The molecule has 4 nitrogen and oxygen atoms in total. The molecule has 0 fully saturated rings. The van der Waals surface area contributed by atoms with E-state index < -0.39 is 0 Å². The SMILES string of the molecule is COC1=C[C@@](C)([C@@H](C)NC(C)=O)[C@@H]1C(C)=O. The molecule has 0 heterocycles. The van der Waals surface area contributed by atoms with E-state index >= 15 is 0 Å². The van der Waals surface area contributed by atoms with Gasteiger partial charge in [-0.3, -0.25) is 9.59 Å². The molecule has 1 N–H and O–H groups in total. The lowest BCUT2D eigenvalue weighted by molar-refractivity contribution is -0.128. The summed E-state index contributed by atoms with van der Waals surface area (Å²) in [5.74, 6) is 0.431. The summed E-state index contributed by atoms with van der Waals surface area (Å²) < 4.78 is 5.14. The van der Waals surface area contributed by atoms with Crippen molar-refractivity contribution in [1.82, 2.24) is 5.32 Å². The van der Waals surface area contributed by atoms with Gasteiger partial charge in [-0.05, 0) is 19.9 Å². The lowest BCUT2D eigenvalue weighted by Crippen LogP contribution is -2.54. The Bertz CT molecular complexity index is 348. The van der Waals surface area contributed by atoms with Crippen molar-refractivity contribution in [2.45, 2.75) is 33.7 Å². The third-order valence-electron chi connectivity index (χ3n) is 3.35. The number of ether oxygens (including phenoxy) is 1. The van der Waals surface area contributed by atoms with E-state index in [9.17, 15) is 9.59 Å². The molecule has 1 aliphatic carbocycles. The lowest BCUT2D eigenvalue weighted by Gasteiger charge is -2.46. The van der Waals surface area contributed by atoms with Gasteiger partial charge in [-0.25, -0.2) is 0 Å². The van der Waals surface area contributed by atoms with E-state index in [2.05, 4.69) is 5.32 Å². The predicted octanol–water partition coefficient (Wildman–Crippen LogP) is 1.27. The Kier molecular flexibility index (Phi) is 3.41. The van der Waals surface area contributed by atoms with Gasteiger partial charge in [0.15, 0.2) is 0 Å². The van der Waals surface area contributed by atoms with Gasteiger partial charge < -0.3 is 10.1 Å². The number of amides is 1. The van der Waals surface area contributed by atoms with Crippen LogP contribution in [-0.2, 0) is 14.3 Å². The van der Waals surface area contributed by atoms with Crippen molar-refractivity contribution >= 4 is 11.7 Å². The van der Waals surface area contributed by atoms with Crippen LogP contribution in [0.15, 0.2) is 11.8 Å². The summed E-state index contributed by atoms with van der Waals surface area (Å²) in [7, 11) is 1.56. The maximum Gasteiger partial charge on any atom is 0.217 e. The molecule has 16 heavy (non-hydrogen) atoms. The third-order valence-corrected chi connectivity index (χ3v) is 3.35. The zero-order valence-corrected chi connectivity index (χ0v) is 10.5. The molecule has 0 aromatic heterocycles. The number of hydrogen-bond donors (Lipinski definition) is 1. The van der Waals surface area contributed by atoms with Crippen LogP contribution >= 0.6 is 0 Å². The van der Waals surface area contributed by atoms with E-state index in [1.54, 1.807) is 14.0 Å². The molecule has 0 bridgehead atoms. The molecule has 0 saturated carbocycles. The number of allylic oxidation sites excluding steroid dienone is 1. The molecule has 0 aromatic carbocycles. The van der Waals surface area contributed by atoms with Gasteiger partial charge in [0, 0.05) is 18.4 Å². The molecule has 3 atom stereocenters. The minimum absolute atomic E-state index is 0.0686. The van der Waals surface area contributed by atoms with Crippen molar-refractivity contribution in [2.24, 2.45) is 11.3 Å². The van der Waals surface area contributed by atoms with Gasteiger partial charge in [-0.1, -0.05) is 6.92 Å². The first kappa shape index (κ1) is 12.7. The van der Waals surface area contributed by atoms with E-state index in [-0.39, 0.29) is 29.1 Å². The molecule has 90 valence electrons. The van der Waals surface area contributed by atoms with E-state index in [4.69, 9.17) is 4.74 Å². The molecular formula is C12H19NO3. The molecule has 4 heteroatoms. The predicted molar refractivity (Wildman–Crippen MR) is 60.6 cm³/mol. The van der Waals surface area contributed by atoms with Crippen molar-refractivity contribution < 1.29 is 14.3 Å². The number of carbonyl (C=O) groups excluding carboxylic acids is 2. The zero-order valence-electron chi connectivity index (χ0n) is 10.5. The third kappa shape index (κ3) is 1.96. The van der Waals surface area contributed by atoms with E-state index in [0.29, 0.717) is 5.76 Å².